The molecule has 138 valence electrons. The summed E-state index contributed by atoms with van der Waals surface area (Å²) in [5.74, 6) is 0.616. The second-order valence-electron chi connectivity index (χ2n) is 6.16. The van der Waals surface area contributed by atoms with Crippen LogP contribution in [-0.2, 0) is 10.0 Å². The molecule has 0 radical (unpaired) electrons. The molecular weight excluding hydrogens is 356 g/mol. The van der Waals surface area contributed by atoms with Gasteiger partial charge in [0.2, 0.25) is 10.0 Å². The van der Waals surface area contributed by atoms with Gasteiger partial charge in [0, 0.05) is 37.8 Å². The molecule has 0 aliphatic carbocycles. The third-order valence-corrected chi connectivity index (χ3v) is 5.65. The first kappa shape index (κ1) is 18.3. The van der Waals surface area contributed by atoms with E-state index in [-0.39, 0.29) is 5.69 Å². The molecule has 3 rings (SSSR count). The molecule has 0 N–H and O–H groups in total. The van der Waals surface area contributed by atoms with Gasteiger partial charge in [-0.2, -0.15) is 0 Å². The summed E-state index contributed by atoms with van der Waals surface area (Å²) in [5.41, 5.74) is 0.943. The molecule has 2 aromatic rings. The predicted molar refractivity (Wildman–Crippen MR) is 99.6 cm³/mol. The van der Waals surface area contributed by atoms with Gasteiger partial charge < -0.3 is 4.90 Å². The normalized spacial score (nSPS) is 16.3. The van der Waals surface area contributed by atoms with E-state index in [2.05, 4.69) is 4.98 Å². The maximum absolute atomic E-state index is 11.8. The lowest BCUT2D eigenvalue weighted by atomic mass is 10.1. The molecule has 26 heavy (non-hydrogen) atoms. The van der Waals surface area contributed by atoms with Crippen molar-refractivity contribution in [2.45, 2.75) is 6.42 Å². The second-order valence-corrected chi connectivity index (χ2v) is 8.15. The van der Waals surface area contributed by atoms with Crippen molar-refractivity contribution in [3.05, 3.63) is 52.6 Å². The van der Waals surface area contributed by atoms with Crippen molar-refractivity contribution in [3.8, 4) is 11.3 Å². The van der Waals surface area contributed by atoms with Crippen LogP contribution in [0, 0.1) is 10.1 Å². The van der Waals surface area contributed by atoms with Crippen molar-refractivity contribution in [1.29, 1.82) is 0 Å². The first-order valence-electron chi connectivity index (χ1n) is 8.27. The minimum absolute atomic E-state index is 0.0486. The summed E-state index contributed by atoms with van der Waals surface area (Å²) >= 11 is 0. The summed E-state index contributed by atoms with van der Waals surface area (Å²) in [6.45, 7) is 1.98. The Hall–Kier alpha value is -2.52. The zero-order chi connectivity index (χ0) is 18.7. The van der Waals surface area contributed by atoms with Gasteiger partial charge in [-0.15, -0.1) is 0 Å². The van der Waals surface area contributed by atoms with Crippen LogP contribution >= 0.6 is 0 Å². The van der Waals surface area contributed by atoms with Crippen LogP contribution in [0.1, 0.15) is 6.42 Å². The van der Waals surface area contributed by atoms with Gasteiger partial charge in [0.15, 0.2) is 5.69 Å². The molecule has 0 bridgehead atoms. The first-order valence-corrected chi connectivity index (χ1v) is 10.1. The molecule has 0 amide bonds. The van der Waals surface area contributed by atoms with Crippen LogP contribution < -0.4 is 4.90 Å². The minimum atomic E-state index is -3.23. The number of rotatable bonds is 4. The predicted octanol–water partition coefficient (Wildman–Crippen LogP) is 2.13. The van der Waals surface area contributed by atoms with E-state index in [0.717, 1.165) is 0 Å². The lowest BCUT2D eigenvalue weighted by molar-refractivity contribution is -0.384. The molecule has 2 heterocycles. The van der Waals surface area contributed by atoms with E-state index in [9.17, 15) is 18.5 Å². The number of benzene rings is 1. The van der Waals surface area contributed by atoms with Crippen molar-refractivity contribution in [2.75, 3.05) is 37.3 Å². The van der Waals surface area contributed by atoms with Gasteiger partial charge in [0.1, 0.15) is 5.82 Å². The van der Waals surface area contributed by atoms with Gasteiger partial charge >= 0.3 is 0 Å². The maximum Gasteiger partial charge on any atom is 0.295 e. The van der Waals surface area contributed by atoms with Crippen LogP contribution in [0.25, 0.3) is 11.3 Å². The van der Waals surface area contributed by atoms with Crippen molar-refractivity contribution in [3.63, 3.8) is 0 Å². The van der Waals surface area contributed by atoms with E-state index in [1.807, 2.05) is 23.1 Å². The molecule has 8 nitrogen and oxygen atoms in total. The maximum atomic E-state index is 11.8. The first-order chi connectivity index (χ1) is 12.4. The summed E-state index contributed by atoms with van der Waals surface area (Å²) in [4.78, 5) is 17.4. The highest BCUT2D eigenvalue weighted by atomic mass is 32.2. The zero-order valence-electron chi connectivity index (χ0n) is 14.4. The smallest absolute Gasteiger partial charge is 0.295 e. The van der Waals surface area contributed by atoms with Crippen LogP contribution in [-0.4, -0.2) is 55.1 Å². The van der Waals surface area contributed by atoms with E-state index >= 15 is 0 Å². The molecule has 1 fully saturated rings. The quantitative estimate of drug-likeness (QED) is 0.599. The SMILES string of the molecule is CS(=O)(=O)N1CCCN(c2ccc([N+](=O)[O-])c(-c3ccccc3)n2)CC1. The third-order valence-electron chi connectivity index (χ3n) is 4.35. The number of pyridine rings is 1. The van der Waals surface area contributed by atoms with Gasteiger partial charge in [-0.3, -0.25) is 10.1 Å². The highest BCUT2D eigenvalue weighted by Gasteiger charge is 2.24. The van der Waals surface area contributed by atoms with E-state index in [4.69, 9.17) is 0 Å². The van der Waals surface area contributed by atoms with Gasteiger partial charge in [-0.25, -0.2) is 17.7 Å². The second kappa shape index (κ2) is 7.38. The summed E-state index contributed by atoms with van der Waals surface area (Å²) in [6.07, 6.45) is 1.88. The Morgan fingerprint density at radius 2 is 1.77 bits per heavy atom. The Labute approximate surface area is 152 Å². The molecule has 1 saturated heterocycles. The molecule has 1 aromatic carbocycles. The van der Waals surface area contributed by atoms with E-state index in [1.165, 1.54) is 16.6 Å². The van der Waals surface area contributed by atoms with Crippen molar-refractivity contribution >= 4 is 21.5 Å². The Morgan fingerprint density at radius 1 is 1.04 bits per heavy atom. The Bertz CT molecular complexity index is 902. The van der Waals surface area contributed by atoms with E-state index in [1.54, 1.807) is 18.2 Å². The highest BCUT2D eigenvalue weighted by molar-refractivity contribution is 7.88. The molecule has 0 unspecified atom stereocenters. The number of hydrogen-bond donors (Lipinski definition) is 0. The van der Waals surface area contributed by atoms with Gasteiger partial charge in [0.05, 0.1) is 11.2 Å². The third kappa shape index (κ3) is 4.00. The lowest BCUT2D eigenvalue weighted by Gasteiger charge is -2.22. The summed E-state index contributed by atoms with van der Waals surface area (Å²) in [5, 5.41) is 11.4. The van der Waals surface area contributed by atoms with Crippen LogP contribution in [0.2, 0.25) is 0 Å². The van der Waals surface area contributed by atoms with Crippen LogP contribution in [0.15, 0.2) is 42.5 Å². The van der Waals surface area contributed by atoms with Crippen molar-refractivity contribution in [1.82, 2.24) is 9.29 Å². The summed E-state index contributed by atoms with van der Waals surface area (Å²) < 4.78 is 25.0. The summed E-state index contributed by atoms with van der Waals surface area (Å²) in [6, 6.07) is 12.1. The topological polar surface area (TPSA) is 96.7 Å². The number of hydrogen-bond acceptors (Lipinski definition) is 6. The molecule has 0 saturated carbocycles. The monoisotopic (exact) mass is 376 g/mol. The fourth-order valence-electron chi connectivity index (χ4n) is 3.03. The van der Waals surface area contributed by atoms with Crippen LogP contribution in [0.4, 0.5) is 11.5 Å². The van der Waals surface area contributed by atoms with Crippen molar-refractivity contribution in [2.24, 2.45) is 0 Å². The fourth-order valence-corrected chi connectivity index (χ4v) is 3.90. The average molecular weight is 376 g/mol. The fraction of sp³-hybridized carbons (Fsp3) is 0.353. The Kier molecular flexibility index (Phi) is 5.19. The van der Waals surface area contributed by atoms with E-state index in [0.29, 0.717) is 49.7 Å². The molecule has 1 aliphatic heterocycles. The molecule has 0 atom stereocenters. The largest absolute Gasteiger partial charge is 0.355 e. The number of sulfonamides is 1. The Morgan fingerprint density at radius 3 is 2.42 bits per heavy atom. The molecule has 9 heteroatoms. The number of nitro groups is 1. The number of nitrogens with zero attached hydrogens (tertiary/aromatic N) is 4. The van der Waals surface area contributed by atoms with Crippen LogP contribution in [0.5, 0.6) is 0 Å². The standard InChI is InChI=1S/C17H20N4O4S/c1-26(24,25)20-11-5-10-19(12-13-20)16-9-8-15(21(22)23)17(18-16)14-6-3-2-4-7-14/h2-4,6-9H,5,10-13H2,1H3. The highest BCUT2D eigenvalue weighted by Crippen LogP contribution is 2.30. The zero-order valence-corrected chi connectivity index (χ0v) is 15.2. The molecule has 1 aliphatic rings. The minimum Gasteiger partial charge on any atom is -0.355 e. The molecule has 0 spiro atoms. The Balaban J connectivity index is 1.93. The van der Waals surface area contributed by atoms with E-state index < -0.39 is 14.9 Å². The van der Waals surface area contributed by atoms with Crippen molar-refractivity contribution < 1.29 is 13.3 Å². The molecular formula is C17H20N4O4S. The van der Waals surface area contributed by atoms with Gasteiger partial charge in [-0.05, 0) is 12.5 Å². The van der Waals surface area contributed by atoms with Crippen LogP contribution in [0.3, 0.4) is 0 Å². The van der Waals surface area contributed by atoms with Gasteiger partial charge in [-0.1, -0.05) is 30.3 Å². The average Bonchev–Trinajstić information content (AvgIpc) is 2.88. The summed E-state index contributed by atoms with van der Waals surface area (Å²) in [7, 11) is -3.23. The number of anilines is 1. The van der Waals surface area contributed by atoms with Gasteiger partial charge in [0.25, 0.3) is 5.69 Å². The number of aromatic nitrogens is 1. The molecule has 1 aromatic heterocycles. The lowest BCUT2D eigenvalue weighted by Crippen LogP contribution is -2.34.